The molecule has 4 rings (SSSR count). The standard InChI is InChI=1S/C34H33NO4/c1-34(2,29-11-7-4-8-12-29)33(39)35-30-21-19-26(20-22-30)25-15-17-27(18-16-25)31(36)23-28(32(37)38)14-13-24-9-5-3-6-10-24/h3-12,15-22,28H,13-14,23H2,1-2H3,(H,35,39)(H,37,38). The van der Waals surface area contributed by atoms with Crippen molar-refractivity contribution in [2.75, 3.05) is 5.32 Å². The lowest BCUT2D eigenvalue weighted by molar-refractivity contribution is -0.141. The number of carboxylic acid groups (broad SMARTS) is 1. The van der Waals surface area contributed by atoms with E-state index in [0.29, 0.717) is 24.1 Å². The molecule has 4 aromatic rings. The number of hydrogen-bond acceptors (Lipinski definition) is 3. The van der Waals surface area contributed by atoms with Gasteiger partial charge in [0.05, 0.1) is 11.3 Å². The van der Waals surface area contributed by atoms with E-state index in [4.69, 9.17) is 0 Å². The maximum absolute atomic E-state index is 12.9. The SMILES string of the molecule is CC(C)(C(=O)Nc1ccc(-c2ccc(C(=O)CC(CCc3ccccc3)C(=O)O)cc2)cc1)c1ccccc1. The van der Waals surface area contributed by atoms with Crippen LogP contribution in [-0.2, 0) is 21.4 Å². The van der Waals surface area contributed by atoms with E-state index >= 15 is 0 Å². The minimum absolute atomic E-state index is 0.0325. The molecule has 2 N–H and O–H groups in total. The summed E-state index contributed by atoms with van der Waals surface area (Å²) in [5.74, 6) is -1.95. The highest BCUT2D eigenvalue weighted by Crippen LogP contribution is 2.27. The summed E-state index contributed by atoms with van der Waals surface area (Å²) in [6.45, 7) is 3.80. The molecule has 5 heteroatoms. The lowest BCUT2D eigenvalue weighted by Gasteiger charge is -2.24. The van der Waals surface area contributed by atoms with Crippen LogP contribution in [0.4, 0.5) is 5.69 Å². The number of nitrogens with one attached hydrogen (secondary N) is 1. The number of aryl methyl sites for hydroxylation is 1. The largest absolute Gasteiger partial charge is 0.481 e. The molecule has 1 amide bonds. The van der Waals surface area contributed by atoms with Crippen LogP contribution in [-0.4, -0.2) is 22.8 Å². The van der Waals surface area contributed by atoms with Crippen molar-refractivity contribution in [3.63, 3.8) is 0 Å². The zero-order valence-corrected chi connectivity index (χ0v) is 22.3. The molecule has 0 heterocycles. The van der Waals surface area contributed by atoms with Gasteiger partial charge in [0.25, 0.3) is 0 Å². The maximum atomic E-state index is 12.9. The topological polar surface area (TPSA) is 83.5 Å². The molecule has 0 aliphatic rings. The van der Waals surface area contributed by atoms with Crippen LogP contribution in [0.2, 0.25) is 0 Å². The second kappa shape index (κ2) is 12.4. The molecule has 39 heavy (non-hydrogen) atoms. The Hall–Kier alpha value is -4.51. The molecule has 0 aromatic heterocycles. The second-order valence-corrected chi connectivity index (χ2v) is 10.3. The van der Waals surface area contributed by atoms with E-state index in [1.165, 1.54) is 0 Å². The molecule has 0 spiro atoms. The van der Waals surface area contributed by atoms with Gasteiger partial charge in [-0.25, -0.2) is 0 Å². The van der Waals surface area contributed by atoms with Crippen molar-refractivity contribution in [2.24, 2.45) is 5.92 Å². The summed E-state index contributed by atoms with van der Waals surface area (Å²) in [4.78, 5) is 37.6. The zero-order valence-electron chi connectivity index (χ0n) is 22.3. The Morgan fingerprint density at radius 1 is 0.744 bits per heavy atom. The number of rotatable bonds is 11. The van der Waals surface area contributed by atoms with E-state index in [-0.39, 0.29) is 18.1 Å². The smallest absolute Gasteiger partial charge is 0.306 e. The fourth-order valence-corrected chi connectivity index (χ4v) is 4.51. The number of benzene rings is 4. The number of hydrogen-bond donors (Lipinski definition) is 2. The van der Waals surface area contributed by atoms with E-state index in [2.05, 4.69) is 5.32 Å². The van der Waals surface area contributed by atoms with Crippen molar-refractivity contribution >= 4 is 23.3 Å². The summed E-state index contributed by atoms with van der Waals surface area (Å²) < 4.78 is 0. The van der Waals surface area contributed by atoms with E-state index < -0.39 is 17.3 Å². The molecular formula is C34H33NO4. The van der Waals surface area contributed by atoms with Gasteiger partial charge >= 0.3 is 5.97 Å². The normalized spacial score (nSPS) is 11.9. The summed E-state index contributed by atoms with van der Waals surface area (Å²) >= 11 is 0. The highest BCUT2D eigenvalue weighted by molar-refractivity contribution is 5.99. The maximum Gasteiger partial charge on any atom is 0.306 e. The van der Waals surface area contributed by atoms with Crippen LogP contribution < -0.4 is 5.32 Å². The predicted molar refractivity (Wildman–Crippen MR) is 155 cm³/mol. The summed E-state index contributed by atoms with van der Waals surface area (Å²) in [5.41, 5.74) is 4.40. The van der Waals surface area contributed by atoms with Crippen molar-refractivity contribution in [3.8, 4) is 11.1 Å². The summed E-state index contributed by atoms with van der Waals surface area (Å²) in [6, 6.07) is 34.1. The first-order valence-corrected chi connectivity index (χ1v) is 13.1. The Kier molecular flexibility index (Phi) is 8.72. The molecule has 1 atom stereocenters. The van der Waals surface area contributed by atoms with Crippen LogP contribution in [0.15, 0.2) is 109 Å². The average molecular weight is 520 g/mol. The van der Waals surface area contributed by atoms with Crippen molar-refractivity contribution in [1.82, 2.24) is 0 Å². The number of carbonyl (C=O) groups excluding carboxylic acids is 2. The molecule has 198 valence electrons. The van der Waals surface area contributed by atoms with Crippen molar-refractivity contribution in [3.05, 3.63) is 126 Å². The number of ketones is 1. The van der Waals surface area contributed by atoms with Gasteiger partial charge in [-0.3, -0.25) is 14.4 Å². The van der Waals surface area contributed by atoms with Gasteiger partial charge in [0, 0.05) is 17.7 Å². The van der Waals surface area contributed by atoms with Gasteiger partial charge in [-0.2, -0.15) is 0 Å². The Balaban J connectivity index is 1.36. The number of amides is 1. The molecule has 0 fully saturated rings. The van der Waals surface area contributed by atoms with Gasteiger partial charge in [-0.1, -0.05) is 97.1 Å². The number of aliphatic carboxylic acids is 1. The number of carbonyl (C=O) groups is 3. The third kappa shape index (κ3) is 7.08. The van der Waals surface area contributed by atoms with Gasteiger partial charge in [0.15, 0.2) is 5.78 Å². The molecule has 0 saturated heterocycles. The van der Waals surface area contributed by atoms with Gasteiger partial charge in [-0.15, -0.1) is 0 Å². The van der Waals surface area contributed by atoms with Crippen LogP contribution >= 0.6 is 0 Å². The quantitative estimate of drug-likeness (QED) is 0.206. The molecule has 0 aliphatic heterocycles. The fraction of sp³-hybridized carbons (Fsp3) is 0.206. The monoisotopic (exact) mass is 519 g/mol. The van der Waals surface area contributed by atoms with E-state index in [1.807, 2.05) is 111 Å². The molecular weight excluding hydrogens is 486 g/mol. The molecule has 0 bridgehead atoms. The molecule has 1 unspecified atom stereocenters. The predicted octanol–water partition coefficient (Wildman–Crippen LogP) is 7.18. The lowest BCUT2D eigenvalue weighted by atomic mass is 9.83. The first kappa shape index (κ1) is 27.5. The summed E-state index contributed by atoms with van der Waals surface area (Å²) in [5, 5.41) is 12.6. The van der Waals surface area contributed by atoms with E-state index in [1.54, 1.807) is 12.1 Å². The van der Waals surface area contributed by atoms with E-state index in [0.717, 1.165) is 22.3 Å². The van der Waals surface area contributed by atoms with Crippen molar-refractivity contribution < 1.29 is 19.5 Å². The first-order chi connectivity index (χ1) is 18.7. The van der Waals surface area contributed by atoms with Gasteiger partial charge in [-0.05, 0) is 61.1 Å². The highest BCUT2D eigenvalue weighted by Gasteiger charge is 2.29. The van der Waals surface area contributed by atoms with Gasteiger partial charge in [0.2, 0.25) is 5.91 Å². The van der Waals surface area contributed by atoms with Crippen molar-refractivity contribution in [2.45, 2.75) is 38.5 Å². The number of Topliss-reactive ketones (excluding diaryl/α,β-unsaturated/α-hetero) is 1. The van der Waals surface area contributed by atoms with Crippen LogP contribution in [0, 0.1) is 5.92 Å². The zero-order chi connectivity index (χ0) is 27.8. The summed E-state index contributed by atoms with van der Waals surface area (Å²) in [6.07, 6.45) is 0.994. The molecule has 5 nitrogen and oxygen atoms in total. The minimum atomic E-state index is -0.949. The number of anilines is 1. The number of carboxylic acids is 1. The van der Waals surface area contributed by atoms with Crippen LogP contribution in [0.1, 0.15) is 48.2 Å². The van der Waals surface area contributed by atoms with Gasteiger partial charge < -0.3 is 10.4 Å². The Bertz CT molecular complexity index is 1410. The summed E-state index contributed by atoms with van der Waals surface area (Å²) in [7, 11) is 0. The van der Waals surface area contributed by atoms with Crippen LogP contribution in [0.5, 0.6) is 0 Å². The molecule has 0 saturated carbocycles. The molecule has 0 radical (unpaired) electrons. The average Bonchev–Trinajstić information content (AvgIpc) is 2.96. The molecule has 4 aromatic carbocycles. The fourth-order valence-electron chi connectivity index (χ4n) is 4.51. The third-order valence-electron chi connectivity index (χ3n) is 7.15. The highest BCUT2D eigenvalue weighted by atomic mass is 16.4. The van der Waals surface area contributed by atoms with Gasteiger partial charge in [0.1, 0.15) is 0 Å². The first-order valence-electron chi connectivity index (χ1n) is 13.1. The van der Waals surface area contributed by atoms with Crippen LogP contribution in [0.3, 0.4) is 0 Å². The van der Waals surface area contributed by atoms with Crippen LogP contribution in [0.25, 0.3) is 11.1 Å². The molecule has 0 aliphatic carbocycles. The Morgan fingerprint density at radius 2 is 1.28 bits per heavy atom. The lowest BCUT2D eigenvalue weighted by Crippen LogP contribution is -2.34. The van der Waals surface area contributed by atoms with Crippen molar-refractivity contribution in [1.29, 1.82) is 0 Å². The second-order valence-electron chi connectivity index (χ2n) is 10.3. The minimum Gasteiger partial charge on any atom is -0.481 e. The van der Waals surface area contributed by atoms with E-state index in [9.17, 15) is 19.5 Å². The Labute approximate surface area is 229 Å². The third-order valence-corrected chi connectivity index (χ3v) is 7.15. The Morgan fingerprint density at radius 3 is 1.85 bits per heavy atom.